The van der Waals surface area contributed by atoms with Gasteiger partial charge >= 0.3 is 11.9 Å². The Labute approximate surface area is 268 Å². The highest BCUT2D eigenvalue weighted by molar-refractivity contribution is 5.76. The van der Waals surface area contributed by atoms with Crippen LogP contribution in [0.25, 0.3) is 0 Å². The van der Waals surface area contributed by atoms with Gasteiger partial charge in [-0.1, -0.05) is 43.6 Å². The van der Waals surface area contributed by atoms with Crippen molar-refractivity contribution in [2.45, 2.75) is 174 Å². The third-order valence-electron chi connectivity index (χ3n) is 12.8. The normalized spacial score (nSPS) is 36.8. The third-order valence-corrected chi connectivity index (χ3v) is 12.8. The maximum atomic E-state index is 12.4. The van der Waals surface area contributed by atoms with Gasteiger partial charge in [0, 0.05) is 10.8 Å². The molecule has 1 atom stereocenters. The Morgan fingerprint density at radius 3 is 1.30 bits per heavy atom. The van der Waals surface area contributed by atoms with Crippen molar-refractivity contribution in [3.63, 3.8) is 0 Å². The molecule has 0 saturated heterocycles. The van der Waals surface area contributed by atoms with E-state index >= 15 is 0 Å². The third kappa shape index (κ3) is 8.21. The van der Waals surface area contributed by atoms with E-state index in [4.69, 9.17) is 9.47 Å². The van der Waals surface area contributed by atoms with Crippen LogP contribution in [-0.4, -0.2) is 24.6 Å². The lowest BCUT2D eigenvalue weighted by atomic mass is 9.48. The Balaban J connectivity index is 0.000000394. The Morgan fingerprint density at radius 1 is 0.628 bits per heavy atom. The van der Waals surface area contributed by atoms with E-state index in [1.807, 2.05) is 27.7 Å². The SMILES string of the molecule is C.C.C.C.CCC(C)(C)C(=O)OC(C)C12CC3CC(CC(C3)C1)C2.CCC(C)(C)C(=O)OCC12CC3CC(CC(C3)C1)C2. The number of carbonyl (C=O) groups is 2. The Morgan fingerprint density at radius 2 is 0.953 bits per heavy atom. The zero-order valence-corrected chi connectivity index (χ0v) is 26.3. The lowest BCUT2D eigenvalue weighted by Crippen LogP contribution is -2.52. The predicted octanol–water partition coefficient (Wildman–Crippen LogP) is 11.3. The second kappa shape index (κ2) is 14.6. The fraction of sp³-hybridized carbons (Fsp3) is 0.949. The molecule has 0 heterocycles. The Kier molecular flexibility index (Phi) is 13.5. The highest BCUT2D eigenvalue weighted by Crippen LogP contribution is 2.62. The summed E-state index contributed by atoms with van der Waals surface area (Å²) in [6.45, 7) is 15.0. The molecule has 0 radical (unpaired) electrons. The van der Waals surface area contributed by atoms with E-state index in [1.54, 1.807) is 0 Å². The van der Waals surface area contributed by atoms with Gasteiger partial charge < -0.3 is 9.47 Å². The predicted molar refractivity (Wildman–Crippen MR) is 183 cm³/mol. The molecule has 0 spiro atoms. The van der Waals surface area contributed by atoms with Crippen LogP contribution >= 0.6 is 0 Å². The molecule has 8 rings (SSSR count). The van der Waals surface area contributed by atoms with E-state index in [9.17, 15) is 9.59 Å². The van der Waals surface area contributed by atoms with Gasteiger partial charge in [-0.15, -0.1) is 0 Å². The minimum absolute atomic E-state index is 0. The lowest BCUT2D eigenvalue weighted by Gasteiger charge is -2.58. The first-order valence-electron chi connectivity index (χ1n) is 16.7. The van der Waals surface area contributed by atoms with Gasteiger partial charge in [0.1, 0.15) is 6.10 Å². The first-order valence-corrected chi connectivity index (χ1v) is 16.7. The van der Waals surface area contributed by atoms with E-state index in [0.29, 0.717) is 17.4 Å². The summed E-state index contributed by atoms with van der Waals surface area (Å²) in [5.41, 5.74) is 0.0152. The summed E-state index contributed by atoms with van der Waals surface area (Å²) < 4.78 is 11.7. The fourth-order valence-corrected chi connectivity index (χ4v) is 10.3. The average Bonchev–Trinajstić information content (AvgIpc) is 2.86. The highest BCUT2D eigenvalue weighted by atomic mass is 16.5. The summed E-state index contributed by atoms with van der Waals surface area (Å²) in [7, 11) is 0. The largest absolute Gasteiger partial charge is 0.465 e. The molecular weight excluding hydrogens is 532 g/mol. The van der Waals surface area contributed by atoms with E-state index in [2.05, 4.69) is 20.8 Å². The molecule has 43 heavy (non-hydrogen) atoms. The molecule has 8 bridgehead atoms. The summed E-state index contributed by atoms with van der Waals surface area (Å²) in [5, 5.41) is 0. The second-order valence-corrected chi connectivity index (χ2v) is 16.8. The maximum absolute atomic E-state index is 12.4. The van der Waals surface area contributed by atoms with Crippen molar-refractivity contribution < 1.29 is 19.1 Å². The van der Waals surface area contributed by atoms with Crippen molar-refractivity contribution in [2.75, 3.05) is 6.61 Å². The molecule has 0 aromatic carbocycles. The lowest BCUT2D eigenvalue weighted by molar-refractivity contribution is -0.179. The summed E-state index contributed by atoms with van der Waals surface area (Å²) in [6.07, 6.45) is 18.4. The van der Waals surface area contributed by atoms with Crippen LogP contribution in [0.2, 0.25) is 0 Å². The number of ether oxygens (including phenoxy) is 2. The topological polar surface area (TPSA) is 52.6 Å². The van der Waals surface area contributed by atoms with Gasteiger partial charge in [-0.25, -0.2) is 0 Å². The molecule has 8 saturated carbocycles. The van der Waals surface area contributed by atoms with E-state index in [1.165, 1.54) is 77.0 Å². The Bertz CT molecular complexity index is 844. The Hall–Kier alpha value is -1.06. The molecule has 1 unspecified atom stereocenters. The van der Waals surface area contributed by atoms with Gasteiger partial charge in [-0.05, 0) is 160 Å². The molecule has 0 aromatic rings. The number of carbonyl (C=O) groups excluding carboxylic acids is 2. The van der Waals surface area contributed by atoms with Gasteiger partial charge in [0.15, 0.2) is 0 Å². The van der Waals surface area contributed by atoms with Gasteiger partial charge in [0.2, 0.25) is 0 Å². The molecule has 0 N–H and O–H groups in total. The van der Waals surface area contributed by atoms with Crippen LogP contribution in [0.1, 0.15) is 168 Å². The number of esters is 2. The first-order chi connectivity index (χ1) is 18.3. The van der Waals surface area contributed by atoms with Crippen molar-refractivity contribution in [3.8, 4) is 0 Å². The monoisotopic (exact) mass is 607 g/mol. The molecule has 0 aromatic heterocycles. The van der Waals surface area contributed by atoms with Gasteiger partial charge in [-0.2, -0.15) is 0 Å². The average molecular weight is 607 g/mol. The molecule has 0 aliphatic heterocycles. The van der Waals surface area contributed by atoms with Crippen LogP contribution in [-0.2, 0) is 19.1 Å². The van der Waals surface area contributed by atoms with Crippen LogP contribution in [0.4, 0.5) is 0 Å². The number of hydrogen-bond donors (Lipinski definition) is 0. The van der Waals surface area contributed by atoms with Crippen molar-refractivity contribution in [1.82, 2.24) is 0 Å². The molecule has 8 aliphatic rings. The van der Waals surface area contributed by atoms with Crippen LogP contribution in [0.15, 0.2) is 0 Å². The van der Waals surface area contributed by atoms with Crippen molar-refractivity contribution in [1.29, 1.82) is 0 Å². The molecule has 254 valence electrons. The smallest absolute Gasteiger partial charge is 0.311 e. The van der Waals surface area contributed by atoms with Gasteiger partial charge in [0.25, 0.3) is 0 Å². The molecular formula is C39H74O4. The molecule has 8 aliphatic carbocycles. The van der Waals surface area contributed by atoms with Crippen molar-refractivity contribution in [2.24, 2.45) is 57.2 Å². The fourth-order valence-electron chi connectivity index (χ4n) is 10.3. The summed E-state index contributed by atoms with van der Waals surface area (Å²) in [5.74, 6) is 5.57. The van der Waals surface area contributed by atoms with Crippen LogP contribution in [0.3, 0.4) is 0 Å². The zero-order chi connectivity index (χ0) is 28.2. The summed E-state index contributed by atoms with van der Waals surface area (Å²) in [6, 6.07) is 0. The maximum Gasteiger partial charge on any atom is 0.311 e. The van der Waals surface area contributed by atoms with E-state index in [0.717, 1.165) is 48.3 Å². The highest BCUT2D eigenvalue weighted by Gasteiger charge is 2.55. The first kappa shape index (κ1) is 40.0. The zero-order valence-electron chi connectivity index (χ0n) is 26.3. The van der Waals surface area contributed by atoms with Crippen molar-refractivity contribution >= 4 is 11.9 Å². The molecule has 4 nitrogen and oxygen atoms in total. The number of hydrogen-bond acceptors (Lipinski definition) is 4. The quantitative estimate of drug-likeness (QED) is 0.258. The van der Waals surface area contributed by atoms with Crippen molar-refractivity contribution in [3.05, 3.63) is 0 Å². The molecule has 8 fully saturated rings. The standard InChI is InChI=1S/C18H30O2.C17H28O2.4CH4/c1-5-17(3,4)16(19)20-12(2)18-9-13-6-14(10-18)8-15(7-13)11-18;1-4-16(2,3)15(18)19-11-17-8-12-5-13(9-17)7-14(6-12)10-17;;;;/h12-15H,5-11H2,1-4H3;12-14H,4-11H2,1-3H3;4*1H4. The second-order valence-electron chi connectivity index (χ2n) is 16.8. The van der Waals surface area contributed by atoms with Gasteiger partial charge in [0.05, 0.1) is 17.4 Å². The van der Waals surface area contributed by atoms with Crippen LogP contribution < -0.4 is 0 Å². The van der Waals surface area contributed by atoms with E-state index in [-0.39, 0.29) is 58.6 Å². The summed E-state index contributed by atoms with van der Waals surface area (Å²) in [4.78, 5) is 24.5. The minimum Gasteiger partial charge on any atom is -0.465 e. The van der Waals surface area contributed by atoms with Gasteiger partial charge in [-0.3, -0.25) is 9.59 Å². The van der Waals surface area contributed by atoms with Crippen LogP contribution in [0.5, 0.6) is 0 Å². The minimum atomic E-state index is -0.337. The number of rotatable bonds is 8. The summed E-state index contributed by atoms with van der Waals surface area (Å²) >= 11 is 0. The molecule has 4 heteroatoms. The van der Waals surface area contributed by atoms with Crippen LogP contribution in [0, 0.1) is 57.2 Å². The molecule has 0 amide bonds. The van der Waals surface area contributed by atoms with E-state index < -0.39 is 0 Å².